The Morgan fingerprint density at radius 2 is 0.945 bits per heavy atom. The molecule has 0 aliphatic carbocycles. The number of nitrogens with one attached hydrogen (secondary N) is 1. The molecule has 0 aromatic rings. The molecule has 0 bridgehead atoms. The lowest BCUT2D eigenvalue weighted by molar-refractivity contribution is -0.305. The van der Waals surface area contributed by atoms with Gasteiger partial charge < -0.3 is 45.1 Å². The van der Waals surface area contributed by atoms with Gasteiger partial charge in [-0.05, 0) is 64.2 Å². The van der Waals surface area contributed by atoms with Crippen LogP contribution in [0.25, 0.3) is 0 Å². The third-order valence-electron chi connectivity index (χ3n) is 14.2. The molecule has 0 aromatic heterocycles. The van der Waals surface area contributed by atoms with Crippen LogP contribution in [-0.2, 0) is 23.8 Å². The van der Waals surface area contributed by atoms with E-state index in [2.05, 4.69) is 62.5 Å². The van der Waals surface area contributed by atoms with Crippen molar-refractivity contribution in [3.05, 3.63) is 48.6 Å². The van der Waals surface area contributed by atoms with E-state index in [0.717, 1.165) is 89.9 Å². The second-order valence-corrected chi connectivity index (χ2v) is 21.1. The Labute approximate surface area is 446 Å². The monoisotopic (exact) mass is 1030 g/mol. The first-order chi connectivity index (χ1) is 35.7. The fourth-order valence-electron chi connectivity index (χ4n) is 9.36. The van der Waals surface area contributed by atoms with E-state index in [1.807, 2.05) is 6.08 Å². The number of aliphatic hydroxyl groups excluding tert-OH is 5. The smallest absolute Gasteiger partial charge is 0.306 e. The number of unbranched alkanes of at least 4 members (excludes halogenated alkanes) is 31. The summed E-state index contributed by atoms with van der Waals surface area (Å²) in [6.45, 7) is 5.76. The van der Waals surface area contributed by atoms with Crippen LogP contribution in [0, 0.1) is 0 Å². The number of rotatable bonds is 51. The van der Waals surface area contributed by atoms with Gasteiger partial charge in [-0.15, -0.1) is 0 Å². The summed E-state index contributed by atoms with van der Waals surface area (Å²) >= 11 is 0. The van der Waals surface area contributed by atoms with Crippen molar-refractivity contribution >= 4 is 11.9 Å². The Morgan fingerprint density at radius 3 is 1.44 bits per heavy atom. The number of aliphatic hydroxyl groups is 5. The summed E-state index contributed by atoms with van der Waals surface area (Å²) in [7, 11) is 0. The van der Waals surface area contributed by atoms with Crippen molar-refractivity contribution in [1.82, 2.24) is 5.32 Å². The first-order valence-electron chi connectivity index (χ1n) is 30.4. The number of carbonyl (C=O) groups excluding carboxylic acids is 2. The second-order valence-electron chi connectivity index (χ2n) is 21.1. The molecule has 6 N–H and O–H groups in total. The Morgan fingerprint density at radius 1 is 0.534 bits per heavy atom. The minimum atomic E-state index is -1.62. The van der Waals surface area contributed by atoms with Crippen molar-refractivity contribution in [2.24, 2.45) is 0 Å². The average Bonchev–Trinajstić information content (AvgIpc) is 3.39. The van der Waals surface area contributed by atoms with Crippen molar-refractivity contribution in [3.63, 3.8) is 0 Å². The zero-order chi connectivity index (χ0) is 53.3. The van der Waals surface area contributed by atoms with E-state index in [9.17, 15) is 35.1 Å². The molecule has 1 rings (SSSR count). The largest absolute Gasteiger partial charge is 0.454 e. The zero-order valence-electron chi connectivity index (χ0n) is 47.0. The molecule has 426 valence electrons. The normalized spacial score (nSPS) is 19.7. The van der Waals surface area contributed by atoms with Crippen LogP contribution in [0.15, 0.2) is 48.6 Å². The molecule has 0 saturated carbocycles. The van der Waals surface area contributed by atoms with Gasteiger partial charge in [0.05, 0.1) is 25.4 Å². The van der Waals surface area contributed by atoms with Gasteiger partial charge in [0.15, 0.2) is 12.4 Å². The number of hydrogen-bond donors (Lipinski definition) is 6. The van der Waals surface area contributed by atoms with E-state index >= 15 is 0 Å². The molecule has 11 nitrogen and oxygen atoms in total. The summed E-state index contributed by atoms with van der Waals surface area (Å²) in [5.41, 5.74) is 0. The van der Waals surface area contributed by atoms with E-state index in [1.165, 1.54) is 135 Å². The third kappa shape index (κ3) is 38.8. The summed E-state index contributed by atoms with van der Waals surface area (Å²) in [5.74, 6) is -1.20. The average molecular weight is 1030 g/mol. The summed E-state index contributed by atoms with van der Waals surface area (Å²) < 4.78 is 17.6. The molecule has 1 fully saturated rings. The highest BCUT2D eigenvalue weighted by molar-refractivity contribution is 5.80. The molecule has 8 unspecified atom stereocenters. The molecule has 73 heavy (non-hydrogen) atoms. The van der Waals surface area contributed by atoms with Crippen LogP contribution in [0.3, 0.4) is 0 Å². The molecule has 0 spiro atoms. The maximum atomic E-state index is 13.4. The quantitative estimate of drug-likeness (QED) is 0.0195. The third-order valence-corrected chi connectivity index (χ3v) is 14.2. The van der Waals surface area contributed by atoms with Crippen LogP contribution in [0.2, 0.25) is 0 Å². The van der Waals surface area contributed by atoms with Gasteiger partial charge in [-0.25, -0.2) is 0 Å². The van der Waals surface area contributed by atoms with Gasteiger partial charge in [-0.3, -0.25) is 9.59 Å². The highest BCUT2D eigenvalue weighted by Gasteiger charge is 2.47. The second kappa shape index (κ2) is 50.4. The maximum Gasteiger partial charge on any atom is 0.306 e. The molecule has 1 amide bonds. The molecule has 1 saturated heterocycles. The van der Waals surface area contributed by atoms with Crippen LogP contribution in [-0.4, -0.2) is 99.6 Å². The fraction of sp³-hybridized carbons (Fsp3) is 0.839. The highest BCUT2D eigenvalue weighted by atomic mass is 16.7. The van der Waals surface area contributed by atoms with E-state index < -0.39 is 67.4 Å². The fourth-order valence-corrected chi connectivity index (χ4v) is 9.36. The van der Waals surface area contributed by atoms with E-state index in [4.69, 9.17) is 14.2 Å². The Kier molecular flexibility index (Phi) is 47.4. The van der Waals surface area contributed by atoms with Crippen molar-refractivity contribution < 1.29 is 49.3 Å². The van der Waals surface area contributed by atoms with Crippen LogP contribution in [0.4, 0.5) is 0 Å². The van der Waals surface area contributed by atoms with Crippen molar-refractivity contribution in [3.8, 4) is 0 Å². The van der Waals surface area contributed by atoms with Gasteiger partial charge >= 0.3 is 5.97 Å². The van der Waals surface area contributed by atoms with Crippen LogP contribution >= 0.6 is 0 Å². The summed E-state index contributed by atoms with van der Waals surface area (Å²) in [6, 6.07) is -1.02. The molecule has 0 radical (unpaired) electrons. The number of amides is 1. The molecule has 1 heterocycles. The lowest BCUT2D eigenvalue weighted by Crippen LogP contribution is -2.61. The van der Waals surface area contributed by atoms with Crippen molar-refractivity contribution in [1.29, 1.82) is 0 Å². The SMILES string of the molecule is CCCCC/C=C\C/C=C\C/C=C\CCCCCCCCC(=O)OC1C(OCC(NC(=O)C(O)CCCCCCCCCCCCCC)C(O)/C=C/CCCCCCCCCCCCC)OC(CO)C(O)C1O. The predicted octanol–water partition coefficient (Wildman–Crippen LogP) is 14.1. The van der Waals surface area contributed by atoms with Gasteiger partial charge in [0.1, 0.15) is 24.4 Å². The van der Waals surface area contributed by atoms with Gasteiger partial charge in [0.25, 0.3) is 0 Å². The Bertz CT molecular complexity index is 1370. The number of esters is 1. The van der Waals surface area contributed by atoms with Gasteiger partial charge in [-0.2, -0.15) is 0 Å². The molecule has 1 aliphatic rings. The minimum Gasteiger partial charge on any atom is -0.454 e. The summed E-state index contributed by atoms with van der Waals surface area (Å²) in [4.78, 5) is 26.5. The Balaban J connectivity index is 2.70. The number of carbonyl (C=O) groups is 2. The molecule has 8 atom stereocenters. The molecular weight excluding hydrogens is 919 g/mol. The van der Waals surface area contributed by atoms with Crippen molar-refractivity contribution in [2.75, 3.05) is 13.2 Å². The predicted molar refractivity (Wildman–Crippen MR) is 301 cm³/mol. The highest BCUT2D eigenvalue weighted by Crippen LogP contribution is 2.26. The van der Waals surface area contributed by atoms with Gasteiger partial charge in [0.2, 0.25) is 5.91 Å². The van der Waals surface area contributed by atoms with E-state index in [1.54, 1.807) is 6.08 Å². The molecule has 0 aromatic carbocycles. The van der Waals surface area contributed by atoms with Crippen molar-refractivity contribution in [2.45, 2.75) is 320 Å². The van der Waals surface area contributed by atoms with Crippen LogP contribution in [0.5, 0.6) is 0 Å². The van der Waals surface area contributed by atoms with Crippen LogP contribution < -0.4 is 5.32 Å². The van der Waals surface area contributed by atoms with Crippen LogP contribution in [0.1, 0.15) is 271 Å². The first-order valence-corrected chi connectivity index (χ1v) is 30.4. The lowest BCUT2D eigenvalue weighted by atomic mass is 9.99. The molecule has 1 aliphatic heterocycles. The number of ether oxygens (including phenoxy) is 3. The van der Waals surface area contributed by atoms with E-state index in [-0.39, 0.29) is 13.0 Å². The molecular formula is C62H113NO10. The zero-order valence-corrected chi connectivity index (χ0v) is 47.0. The minimum absolute atomic E-state index is 0.110. The summed E-state index contributed by atoms with van der Waals surface area (Å²) in [6.07, 6.45) is 50.0. The van der Waals surface area contributed by atoms with Gasteiger partial charge in [-0.1, -0.05) is 249 Å². The maximum absolute atomic E-state index is 13.4. The summed E-state index contributed by atoms with van der Waals surface area (Å²) in [5, 5.41) is 56.9. The Hall–Kier alpha value is -2.38. The standard InChI is InChI=1S/C62H113NO10/c1-4-7-10-13-16-19-22-25-26-27-28-29-30-32-35-38-41-44-47-50-57(67)73-60-59(69)58(68)56(51-64)72-62(60)71-52-53(54(65)48-45-42-39-36-34-31-23-20-17-14-11-8-5-2)63-61(70)55(66)49-46-43-40-37-33-24-21-18-15-12-9-6-3/h16,19,25-26,28-29,45,48,53-56,58-60,62,64-66,68-69H,4-15,17-18,20-24,27,30-44,46-47,49-52H2,1-3H3,(H,63,70)/b19-16-,26-25-,29-28-,48-45+. The molecule has 11 heteroatoms. The number of hydrogen-bond acceptors (Lipinski definition) is 10. The van der Waals surface area contributed by atoms with E-state index in [0.29, 0.717) is 19.3 Å². The lowest BCUT2D eigenvalue weighted by Gasteiger charge is -2.41. The first kappa shape index (κ1) is 68.6. The number of allylic oxidation sites excluding steroid dienone is 7. The van der Waals surface area contributed by atoms with Gasteiger partial charge in [0, 0.05) is 6.42 Å². The topological polar surface area (TPSA) is 175 Å².